The van der Waals surface area contributed by atoms with Gasteiger partial charge in [-0.25, -0.2) is 8.42 Å². The van der Waals surface area contributed by atoms with Crippen molar-refractivity contribution in [3.63, 3.8) is 0 Å². The summed E-state index contributed by atoms with van der Waals surface area (Å²) < 4.78 is 65.5. The van der Waals surface area contributed by atoms with Crippen LogP contribution in [0.3, 0.4) is 0 Å². The second kappa shape index (κ2) is 8.90. The van der Waals surface area contributed by atoms with Crippen LogP contribution in [0.2, 0.25) is 0 Å². The first-order valence-electron chi connectivity index (χ1n) is 9.98. The fourth-order valence-electron chi connectivity index (χ4n) is 3.40. The molecule has 0 spiro atoms. The van der Waals surface area contributed by atoms with Crippen LogP contribution in [0, 0.1) is 0 Å². The Morgan fingerprint density at radius 1 is 1.06 bits per heavy atom. The maximum Gasteiger partial charge on any atom is 0.416 e. The molecule has 2 aromatic carbocycles. The molecule has 1 fully saturated rings. The number of anilines is 1. The van der Waals surface area contributed by atoms with Crippen LogP contribution in [0.1, 0.15) is 18.4 Å². The molecule has 13 heteroatoms. The lowest BCUT2D eigenvalue weighted by Crippen LogP contribution is -2.28. The minimum absolute atomic E-state index is 0.0624. The van der Waals surface area contributed by atoms with Crippen LogP contribution in [-0.2, 0) is 27.5 Å². The number of halogens is 3. The third-order valence-electron chi connectivity index (χ3n) is 5.01. The highest BCUT2D eigenvalue weighted by Crippen LogP contribution is 2.31. The van der Waals surface area contributed by atoms with Gasteiger partial charge in [-0.1, -0.05) is 18.2 Å². The Bertz CT molecular complexity index is 1270. The van der Waals surface area contributed by atoms with E-state index in [0.29, 0.717) is 13.1 Å². The Labute approximate surface area is 187 Å². The predicted molar refractivity (Wildman–Crippen MR) is 111 cm³/mol. The van der Waals surface area contributed by atoms with E-state index in [0.717, 1.165) is 29.8 Å². The van der Waals surface area contributed by atoms with Crippen LogP contribution in [-0.4, -0.2) is 51.9 Å². The first kappa shape index (κ1) is 22.9. The third-order valence-corrected chi connectivity index (χ3v) is 6.90. The second-order valence-corrected chi connectivity index (χ2v) is 9.35. The lowest BCUT2D eigenvalue weighted by molar-refractivity contribution is -0.137. The van der Waals surface area contributed by atoms with Gasteiger partial charge in [0.05, 0.1) is 10.5 Å². The summed E-state index contributed by atoms with van der Waals surface area (Å²) in [5, 5.41) is 13.9. The van der Waals surface area contributed by atoms with E-state index in [4.69, 9.17) is 0 Å². The molecule has 1 saturated heterocycles. The largest absolute Gasteiger partial charge is 0.416 e. The molecule has 1 aliphatic rings. The van der Waals surface area contributed by atoms with Crippen molar-refractivity contribution in [2.45, 2.75) is 30.5 Å². The summed E-state index contributed by atoms with van der Waals surface area (Å²) in [6, 6.07) is 10.4. The van der Waals surface area contributed by atoms with E-state index in [1.165, 1.54) is 34.6 Å². The monoisotopic (exact) mass is 480 g/mol. The van der Waals surface area contributed by atoms with Gasteiger partial charge in [0, 0.05) is 24.3 Å². The van der Waals surface area contributed by atoms with E-state index in [2.05, 4.69) is 20.7 Å². The molecule has 0 bridgehead atoms. The summed E-state index contributed by atoms with van der Waals surface area (Å²) in [7, 11) is -3.64. The number of nitrogens with zero attached hydrogens (tertiary/aromatic N) is 5. The van der Waals surface area contributed by atoms with Gasteiger partial charge in [0.1, 0.15) is 6.54 Å². The smallest absolute Gasteiger partial charge is 0.324 e. The van der Waals surface area contributed by atoms with Gasteiger partial charge in [-0.3, -0.25) is 4.79 Å². The maximum absolute atomic E-state index is 12.9. The normalized spacial score (nSPS) is 15.0. The summed E-state index contributed by atoms with van der Waals surface area (Å²) in [4.78, 5) is 13.4. The molecule has 4 rings (SSSR count). The van der Waals surface area contributed by atoms with Crippen molar-refractivity contribution in [1.82, 2.24) is 24.5 Å². The summed E-state index contributed by atoms with van der Waals surface area (Å²) in [6.45, 7) is 0.561. The maximum atomic E-state index is 12.9. The summed E-state index contributed by atoms with van der Waals surface area (Å²) >= 11 is 0. The Hall–Kier alpha value is -3.32. The lowest BCUT2D eigenvalue weighted by Gasteiger charge is -2.16. The van der Waals surface area contributed by atoms with E-state index < -0.39 is 27.7 Å². The molecule has 0 atom stereocenters. The van der Waals surface area contributed by atoms with Crippen LogP contribution in [0.25, 0.3) is 11.4 Å². The van der Waals surface area contributed by atoms with Gasteiger partial charge in [-0.15, -0.1) is 10.2 Å². The molecule has 1 aliphatic heterocycles. The molecule has 33 heavy (non-hydrogen) atoms. The molecule has 2 heterocycles. The van der Waals surface area contributed by atoms with E-state index in [-0.39, 0.29) is 28.5 Å². The van der Waals surface area contributed by atoms with Crippen LogP contribution in [0.5, 0.6) is 0 Å². The van der Waals surface area contributed by atoms with Gasteiger partial charge in [-0.05, 0) is 48.4 Å². The number of rotatable bonds is 6. The fourth-order valence-corrected chi connectivity index (χ4v) is 4.96. The van der Waals surface area contributed by atoms with E-state index in [1.54, 1.807) is 6.07 Å². The van der Waals surface area contributed by atoms with Crippen molar-refractivity contribution in [3.05, 3.63) is 54.1 Å². The van der Waals surface area contributed by atoms with Crippen LogP contribution < -0.4 is 5.32 Å². The van der Waals surface area contributed by atoms with Gasteiger partial charge >= 0.3 is 6.18 Å². The number of amides is 1. The van der Waals surface area contributed by atoms with Crippen molar-refractivity contribution in [2.75, 3.05) is 18.4 Å². The highest BCUT2D eigenvalue weighted by molar-refractivity contribution is 7.89. The second-order valence-electron chi connectivity index (χ2n) is 7.41. The summed E-state index contributed by atoms with van der Waals surface area (Å²) in [6.07, 6.45) is -2.89. The Balaban J connectivity index is 1.44. The quantitative estimate of drug-likeness (QED) is 0.581. The number of carbonyl (C=O) groups excluding carboxylic acids is 1. The number of sulfonamides is 1. The van der Waals surface area contributed by atoms with Crippen molar-refractivity contribution >= 4 is 21.6 Å². The zero-order chi connectivity index (χ0) is 23.6. The van der Waals surface area contributed by atoms with E-state index in [1.807, 2.05) is 0 Å². The number of hydrogen-bond acceptors (Lipinski definition) is 6. The number of hydrogen-bond donors (Lipinski definition) is 1. The topological polar surface area (TPSA) is 110 Å². The van der Waals surface area contributed by atoms with Crippen LogP contribution >= 0.6 is 0 Å². The zero-order valence-electron chi connectivity index (χ0n) is 17.2. The summed E-state index contributed by atoms with van der Waals surface area (Å²) in [5.41, 5.74) is -0.465. The van der Waals surface area contributed by atoms with Gasteiger partial charge in [0.2, 0.25) is 21.8 Å². The number of carbonyl (C=O) groups is 1. The fraction of sp³-hybridized carbons (Fsp3) is 0.300. The SMILES string of the molecule is O=C(Cn1nnc(-c2cccc(C(F)(F)F)c2)n1)Nc1cccc(S(=O)(=O)N2CCCC2)c1. The van der Waals surface area contributed by atoms with Crippen molar-refractivity contribution < 1.29 is 26.4 Å². The Morgan fingerprint density at radius 2 is 1.79 bits per heavy atom. The number of nitrogens with one attached hydrogen (secondary N) is 1. The van der Waals surface area contributed by atoms with Crippen LogP contribution in [0.4, 0.5) is 18.9 Å². The number of aromatic nitrogens is 4. The lowest BCUT2D eigenvalue weighted by atomic mass is 10.1. The van der Waals surface area contributed by atoms with E-state index >= 15 is 0 Å². The molecule has 3 aromatic rings. The number of tetrazole rings is 1. The average Bonchev–Trinajstić information content (AvgIpc) is 3.46. The zero-order valence-corrected chi connectivity index (χ0v) is 18.0. The van der Waals surface area contributed by atoms with Gasteiger partial charge in [-0.2, -0.15) is 22.3 Å². The molecule has 0 aliphatic carbocycles. The van der Waals surface area contributed by atoms with Gasteiger partial charge < -0.3 is 5.32 Å². The average molecular weight is 480 g/mol. The molecular formula is C20H19F3N6O3S. The van der Waals surface area contributed by atoms with Crippen molar-refractivity contribution in [3.8, 4) is 11.4 Å². The summed E-state index contributed by atoms with van der Waals surface area (Å²) in [5.74, 6) is -0.619. The third kappa shape index (κ3) is 5.20. The number of alkyl halides is 3. The minimum atomic E-state index is -4.51. The van der Waals surface area contributed by atoms with Crippen molar-refractivity contribution in [2.24, 2.45) is 0 Å². The first-order chi connectivity index (χ1) is 15.6. The predicted octanol–water partition coefficient (Wildman–Crippen LogP) is 2.78. The number of benzene rings is 2. The molecule has 1 aromatic heterocycles. The molecule has 1 amide bonds. The molecule has 0 saturated carbocycles. The molecule has 0 radical (unpaired) electrons. The molecule has 9 nitrogen and oxygen atoms in total. The van der Waals surface area contributed by atoms with Gasteiger partial charge in [0.25, 0.3) is 0 Å². The Kier molecular flexibility index (Phi) is 6.17. The van der Waals surface area contributed by atoms with Crippen LogP contribution in [0.15, 0.2) is 53.4 Å². The molecule has 0 unspecified atom stereocenters. The standard InChI is InChI=1S/C20H19F3N6O3S/c21-20(22,23)15-6-3-5-14(11-15)19-25-27-29(26-19)13-18(30)24-16-7-4-8-17(12-16)33(31,32)28-9-1-2-10-28/h3-8,11-12H,1-2,9-10,13H2,(H,24,30). The first-order valence-corrected chi connectivity index (χ1v) is 11.4. The molecular weight excluding hydrogens is 461 g/mol. The molecule has 174 valence electrons. The van der Waals surface area contributed by atoms with Gasteiger partial charge in [0.15, 0.2) is 0 Å². The highest BCUT2D eigenvalue weighted by Gasteiger charge is 2.31. The Morgan fingerprint density at radius 3 is 2.52 bits per heavy atom. The van der Waals surface area contributed by atoms with E-state index in [9.17, 15) is 26.4 Å². The minimum Gasteiger partial charge on any atom is -0.324 e. The highest BCUT2D eigenvalue weighted by atomic mass is 32.2. The van der Waals surface area contributed by atoms with Crippen molar-refractivity contribution in [1.29, 1.82) is 0 Å². The molecule has 1 N–H and O–H groups in total.